The zero-order valence-corrected chi connectivity index (χ0v) is 13.7. The van der Waals surface area contributed by atoms with Crippen LogP contribution in [0.25, 0.3) is 22.0 Å². The van der Waals surface area contributed by atoms with Gasteiger partial charge in [-0.3, -0.25) is 4.79 Å². The SMILES string of the molecule is CCc1ccc2c(-c3ccc4c(c3)CC(=O)N4)ccc(OC)c2n1. The number of aryl methyl sites for hydroxylation is 1. The number of benzene rings is 2. The second-order valence-electron chi connectivity index (χ2n) is 5.96. The largest absolute Gasteiger partial charge is 0.494 e. The van der Waals surface area contributed by atoms with E-state index in [1.807, 2.05) is 18.2 Å². The van der Waals surface area contributed by atoms with E-state index in [0.717, 1.165) is 51.1 Å². The van der Waals surface area contributed by atoms with E-state index in [2.05, 4.69) is 36.5 Å². The van der Waals surface area contributed by atoms with Gasteiger partial charge in [0.2, 0.25) is 5.91 Å². The molecular weight excluding hydrogens is 300 g/mol. The molecule has 0 bridgehead atoms. The second kappa shape index (κ2) is 5.64. The van der Waals surface area contributed by atoms with Crippen molar-refractivity contribution in [1.29, 1.82) is 0 Å². The fraction of sp³-hybridized carbons (Fsp3) is 0.200. The summed E-state index contributed by atoms with van der Waals surface area (Å²) in [5.41, 5.74) is 6.06. The van der Waals surface area contributed by atoms with Crippen molar-refractivity contribution in [2.24, 2.45) is 0 Å². The fourth-order valence-corrected chi connectivity index (χ4v) is 3.24. The third-order valence-electron chi connectivity index (χ3n) is 4.50. The zero-order valence-electron chi connectivity index (χ0n) is 13.7. The summed E-state index contributed by atoms with van der Waals surface area (Å²) in [5, 5.41) is 3.93. The monoisotopic (exact) mass is 318 g/mol. The predicted octanol–water partition coefficient (Wildman–Crippen LogP) is 3.97. The van der Waals surface area contributed by atoms with Crippen LogP contribution >= 0.6 is 0 Å². The van der Waals surface area contributed by atoms with E-state index >= 15 is 0 Å². The van der Waals surface area contributed by atoms with Gasteiger partial charge in [-0.05, 0) is 53.4 Å². The van der Waals surface area contributed by atoms with Crippen LogP contribution in [0.3, 0.4) is 0 Å². The molecule has 0 fully saturated rings. The van der Waals surface area contributed by atoms with Gasteiger partial charge in [-0.25, -0.2) is 4.98 Å². The summed E-state index contributed by atoms with van der Waals surface area (Å²) in [7, 11) is 1.67. The normalized spacial score (nSPS) is 13.0. The number of amides is 1. The summed E-state index contributed by atoms with van der Waals surface area (Å²) in [6, 6.07) is 14.3. The Morgan fingerprint density at radius 1 is 1.17 bits per heavy atom. The Balaban J connectivity index is 1.91. The molecule has 1 aromatic heterocycles. The highest BCUT2D eigenvalue weighted by molar-refractivity contribution is 6.02. The van der Waals surface area contributed by atoms with Gasteiger partial charge in [0.25, 0.3) is 0 Å². The molecule has 0 spiro atoms. The van der Waals surface area contributed by atoms with E-state index in [0.29, 0.717) is 6.42 Å². The molecule has 0 saturated heterocycles. The lowest BCUT2D eigenvalue weighted by molar-refractivity contribution is -0.115. The number of carbonyl (C=O) groups excluding carboxylic acids is 1. The topological polar surface area (TPSA) is 51.2 Å². The predicted molar refractivity (Wildman–Crippen MR) is 95.4 cm³/mol. The van der Waals surface area contributed by atoms with Gasteiger partial charge in [0.05, 0.1) is 13.5 Å². The van der Waals surface area contributed by atoms with Crippen LogP contribution in [0, 0.1) is 0 Å². The number of nitrogens with zero attached hydrogens (tertiary/aromatic N) is 1. The van der Waals surface area contributed by atoms with E-state index in [1.54, 1.807) is 7.11 Å². The first-order chi connectivity index (χ1) is 11.7. The Hall–Kier alpha value is -2.88. The molecule has 0 aliphatic carbocycles. The average Bonchev–Trinajstić information content (AvgIpc) is 2.99. The molecule has 4 nitrogen and oxygen atoms in total. The van der Waals surface area contributed by atoms with Gasteiger partial charge in [0, 0.05) is 16.8 Å². The van der Waals surface area contributed by atoms with Crippen LogP contribution < -0.4 is 10.1 Å². The van der Waals surface area contributed by atoms with Gasteiger partial charge < -0.3 is 10.1 Å². The van der Waals surface area contributed by atoms with Crippen molar-refractivity contribution in [3.8, 4) is 16.9 Å². The molecule has 2 heterocycles. The van der Waals surface area contributed by atoms with Crippen LogP contribution in [0.15, 0.2) is 42.5 Å². The third-order valence-corrected chi connectivity index (χ3v) is 4.50. The minimum atomic E-state index is 0.0518. The molecule has 2 aromatic carbocycles. The average molecular weight is 318 g/mol. The van der Waals surface area contributed by atoms with Gasteiger partial charge in [-0.1, -0.05) is 19.1 Å². The van der Waals surface area contributed by atoms with E-state index in [1.165, 1.54) is 0 Å². The zero-order chi connectivity index (χ0) is 16.7. The van der Waals surface area contributed by atoms with Crippen molar-refractivity contribution >= 4 is 22.5 Å². The maximum Gasteiger partial charge on any atom is 0.228 e. The number of aromatic nitrogens is 1. The highest BCUT2D eigenvalue weighted by atomic mass is 16.5. The van der Waals surface area contributed by atoms with Crippen molar-refractivity contribution in [3.05, 3.63) is 53.7 Å². The van der Waals surface area contributed by atoms with Gasteiger partial charge in [-0.15, -0.1) is 0 Å². The minimum absolute atomic E-state index is 0.0518. The molecule has 120 valence electrons. The Morgan fingerprint density at radius 2 is 2.04 bits per heavy atom. The van der Waals surface area contributed by atoms with Gasteiger partial charge in [0.15, 0.2) is 0 Å². The Kier molecular flexibility index (Phi) is 3.45. The Morgan fingerprint density at radius 3 is 2.83 bits per heavy atom. The lowest BCUT2D eigenvalue weighted by atomic mass is 9.97. The van der Waals surface area contributed by atoms with Crippen molar-refractivity contribution in [3.63, 3.8) is 0 Å². The summed E-state index contributed by atoms with van der Waals surface area (Å²) in [5.74, 6) is 0.832. The van der Waals surface area contributed by atoms with Crippen molar-refractivity contribution < 1.29 is 9.53 Å². The van der Waals surface area contributed by atoms with Crippen molar-refractivity contribution in [2.45, 2.75) is 19.8 Å². The quantitative estimate of drug-likeness (QED) is 0.795. The number of carbonyl (C=O) groups is 1. The molecule has 1 amide bonds. The van der Waals surface area contributed by atoms with Crippen molar-refractivity contribution in [1.82, 2.24) is 4.98 Å². The molecule has 24 heavy (non-hydrogen) atoms. The first kappa shape index (κ1) is 14.7. The molecule has 4 rings (SSSR count). The summed E-state index contributed by atoms with van der Waals surface area (Å²) in [6.07, 6.45) is 1.32. The minimum Gasteiger partial charge on any atom is -0.494 e. The number of hydrogen-bond donors (Lipinski definition) is 1. The molecular formula is C20H18N2O2. The van der Waals surface area contributed by atoms with Crippen LogP contribution in [0.2, 0.25) is 0 Å². The van der Waals surface area contributed by atoms with Crippen LogP contribution in [0.5, 0.6) is 5.75 Å². The number of fused-ring (bicyclic) bond motifs is 2. The standard InChI is InChI=1S/C20H18N2O2/c1-3-14-5-6-16-15(7-9-18(24-2)20(16)21-14)12-4-8-17-13(10-12)11-19(23)22-17/h4-10H,3,11H2,1-2H3,(H,22,23). The molecule has 1 aliphatic heterocycles. The molecule has 0 radical (unpaired) electrons. The van der Waals surface area contributed by atoms with E-state index in [4.69, 9.17) is 9.72 Å². The molecule has 3 aromatic rings. The number of pyridine rings is 1. The Bertz CT molecular complexity index is 963. The van der Waals surface area contributed by atoms with Crippen molar-refractivity contribution in [2.75, 3.05) is 12.4 Å². The maximum absolute atomic E-state index is 11.6. The lowest BCUT2D eigenvalue weighted by Crippen LogP contribution is -2.03. The molecule has 0 unspecified atom stereocenters. The Labute approximate surface area is 140 Å². The van der Waals surface area contributed by atoms with Gasteiger partial charge in [0.1, 0.15) is 11.3 Å². The van der Waals surface area contributed by atoms with Gasteiger partial charge in [-0.2, -0.15) is 0 Å². The van der Waals surface area contributed by atoms with E-state index in [-0.39, 0.29) is 5.91 Å². The summed E-state index contributed by atoms with van der Waals surface area (Å²) >= 11 is 0. The number of methoxy groups -OCH3 is 1. The molecule has 0 saturated carbocycles. The number of rotatable bonds is 3. The van der Waals surface area contributed by atoms with Crippen LogP contribution in [0.1, 0.15) is 18.2 Å². The van der Waals surface area contributed by atoms with E-state index < -0.39 is 0 Å². The first-order valence-corrected chi connectivity index (χ1v) is 8.09. The van der Waals surface area contributed by atoms with Crippen LogP contribution in [-0.4, -0.2) is 18.0 Å². The summed E-state index contributed by atoms with van der Waals surface area (Å²) < 4.78 is 5.49. The van der Waals surface area contributed by atoms with Crippen LogP contribution in [-0.2, 0) is 17.6 Å². The molecule has 0 atom stereocenters. The second-order valence-corrected chi connectivity index (χ2v) is 5.96. The number of hydrogen-bond acceptors (Lipinski definition) is 3. The molecule has 1 N–H and O–H groups in total. The summed E-state index contributed by atoms with van der Waals surface area (Å²) in [4.78, 5) is 16.3. The number of ether oxygens (including phenoxy) is 1. The third kappa shape index (κ3) is 2.31. The summed E-state index contributed by atoms with van der Waals surface area (Å²) in [6.45, 7) is 2.09. The fourth-order valence-electron chi connectivity index (χ4n) is 3.24. The first-order valence-electron chi connectivity index (χ1n) is 8.09. The number of nitrogens with one attached hydrogen (secondary N) is 1. The molecule has 4 heteroatoms. The maximum atomic E-state index is 11.6. The highest BCUT2D eigenvalue weighted by Crippen LogP contribution is 2.36. The number of anilines is 1. The van der Waals surface area contributed by atoms with Gasteiger partial charge >= 0.3 is 0 Å². The van der Waals surface area contributed by atoms with E-state index in [9.17, 15) is 4.79 Å². The smallest absolute Gasteiger partial charge is 0.228 e. The van der Waals surface area contributed by atoms with Crippen LogP contribution in [0.4, 0.5) is 5.69 Å². The molecule has 1 aliphatic rings. The lowest BCUT2D eigenvalue weighted by Gasteiger charge is -2.12. The highest BCUT2D eigenvalue weighted by Gasteiger charge is 2.18.